The number of carbonyl (C=O) groups excluding carboxylic acids is 2. The Morgan fingerprint density at radius 3 is 2.56 bits per heavy atom. The number of nitro benzene ring substituents is 1. The van der Waals surface area contributed by atoms with Gasteiger partial charge in [0.25, 0.3) is 11.6 Å². The average molecular weight is 351 g/mol. The second-order valence-electron chi connectivity index (χ2n) is 5.87. The number of esters is 1. The molecule has 1 aliphatic heterocycles. The smallest absolute Gasteiger partial charge is 0.341 e. The van der Waals surface area contributed by atoms with Crippen LogP contribution in [0.25, 0.3) is 0 Å². The van der Waals surface area contributed by atoms with Gasteiger partial charge in [0.15, 0.2) is 6.61 Å². The van der Waals surface area contributed by atoms with Crippen LogP contribution < -0.4 is 5.32 Å². The number of rotatable bonds is 5. The fourth-order valence-corrected chi connectivity index (χ4v) is 2.71. The molecule has 1 aromatic carbocycles. The van der Waals surface area contributed by atoms with Crippen LogP contribution in [0.15, 0.2) is 18.2 Å². The minimum Gasteiger partial charge on any atom is -0.452 e. The standard InChI is InChI=1S/C16H21N3O6/c1-10-7-18(8-11(2)25-10)15(20)9-24-16(21)13-6-12(19(22)23)4-5-14(13)17-3/h4-6,10-11,17H,7-9H2,1-3H3/t10-,11+. The van der Waals surface area contributed by atoms with Crippen LogP contribution in [0, 0.1) is 10.1 Å². The predicted molar refractivity (Wildman–Crippen MR) is 89.5 cm³/mol. The summed E-state index contributed by atoms with van der Waals surface area (Å²) in [7, 11) is 1.58. The molecule has 2 rings (SSSR count). The van der Waals surface area contributed by atoms with Gasteiger partial charge in [0.2, 0.25) is 0 Å². The van der Waals surface area contributed by atoms with Crippen LogP contribution in [-0.2, 0) is 14.3 Å². The van der Waals surface area contributed by atoms with Crippen LogP contribution in [0.1, 0.15) is 24.2 Å². The van der Waals surface area contributed by atoms with E-state index in [0.29, 0.717) is 18.8 Å². The molecule has 0 aromatic heterocycles. The first-order valence-electron chi connectivity index (χ1n) is 7.88. The monoisotopic (exact) mass is 351 g/mol. The van der Waals surface area contributed by atoms with Crippen molar-refractivity contribution in [1.29, 1.82) is 0 Å². The van der Waals surface area contributed by atoms with Gasteiger partial charge in [0.05, 0.1) is 22.7 Å². The van der Waals surface area contributed by atoms with Gasteiger partial charge < -0.3 is 19.7 Å². The van der Waals surface area contributed by atoms with E-state index in [0.717, 1.165) is 6.07 Å². The molecule has 9 heteroatoms. The minimum atomic E-state index is -0.796. The van der Waals surface area contributed by atoms with Crippen molar-refractivity contribution < 1.29 is 24.0 Å². The zero-order chi connectivity index (χ0) is 18.6. The SMILES string of the molecule is CNc1ccc([N+](=O)[O-])cc1C(=O)OCC(=O)N1C[C@@H](C)O[C@@H](C)C1. The van der Waals surface area contributed by atoms with Crippen molar-refractivity contribution in [2.45, 2.75) is 26.1 Å². The van der Waals surface area contributed by atoms with Gasteiger partial charge in [0.1, 0.15) is 0 Å². The van der Waals surface area contributed by atoms with Crippen molar-refractivity contribution in [2.24, 2.45) is 0 Å². The molecule has 0 bridgehead atoms. The van der Waals surface area contributed by atoms with Crippen molar-refractivity contribution >= 4 is 23.3 Å². The Kier molecular flexibility index (Phi) is 5.92. The molecule has 0 unspecified atom stereocenters. The van der Waals surface area contributed by atoms with E-state index in [1.165, 1.54) is 12.1 Å². The number of nitro groups is 1. The minimum absolute atomic E-state index is 0.00761. The van der Waals surface area contributed by atoms with Crippen LogP contribution in [0.4, 0.5) is 11.4 Å². The highest BCUT2D eigenvalue weighted by molar-refractivity contribution is 5.97. The fourth-order valence-electron chi connectivity index (χ4n) is 2.71. The summed E-state index contributed by atoms with van der Waals surface area (Å²) in [6.07, 6.45) is -0.174. The number of hydrogen-bond donors (Lipinski definition) is 1. The quantitative estimate of drug-likeness (QED) is 0.485. The first-order valence-corrected chi connectivity index (χ1v) is 7.88. The van der Waals surface area contributed by atoms with E-state index in [4.69, 9.17) is 9.47 Å². The number of ether oxygens (including phenoxy) is 2. The summed E-state index contributed by atoms with van der Waals surface area (Å²) >= 11 is 0. The van der Waals surface area contributed by atoms with Gasteiger partial charge in [-0.1, -0.05) is 0 Å². The van der Waals surface area contributed by atoms with Gasteiger partial charge in [-0.25, -0.2) is 4.79 Å². The van der Waals surface area contributed by atoms with Crippen molar-refractivity contribution in [3.05, 3.63) is 33.9 Å². The Bertz CT molecular complexity index is 668. The summed E-state index contributed by atoms with van der Waals surface area (Å²) < 4.78 is 10.6. The van der Waals surface area contributed by atoms with Gasteiger partial charge in [-0.3, -0.25) is 14.9 Å². The van der Waals surface area contributed by atoms with Gasteiger partial charge >= 0.3 is 5.97 Å². The van der Waals surface area contributed by atoms with E-state index in [1.54, 1.807) is 11.9 Å². The molecular weight excluding hydrogens is 330 g/mol. The summed E-state index contributed by atoms with van der Waals surface area (Å²) in [6, 6.07) is 3.82. The third-order valence-electron chi connectivity index (χ3n) is 3.80. The Morgan fingerprint density at radius 1 is 1.36 bits per heavy atom. The second kappa shape index (κ2) is 7.93. The third kappa shape index (κ3) is 4.66. The zero-order valence-corrected chi connectivity index (χ0v) is 14.4. The number of nitrogens with one attached hydrogen (secondary N) is 1. The van der Waals surface area contributed by atoms with Crippen LogP contribution in [0.2, 0.25) is 0 Å². The number of nitrogens with zero attached hydrogens (tertiary/aromatic N) is 2. The third-order valence-corrected chi connectivity index (χ3v) is 3.80. The molecular formula is C16H21N3O6. The maximum atomic E-state index is 12.2. The summed E-state index contributed by atoms with van der Waals surface area (Å²) in [6.45, 7) is 4.16. The molecule has 1 amide bonds. The van der Waals surface area contributed by atoms with Crippen LogP contribution in [0.3, 0.4) is 0 Å². The Labute approximate surface area is 145 Å². The molecule has 0 saturated carbocycles. The van der Waals surface area contributed by atoms with E-state index >= 15 is 0 Å². The highest BCUT2D eigenvalue weighted by Crippen LogP contribution is 2.22. The van der Waals surface area contributed by atoms with E-state index in [-0.39, 0.29) is 29.4 Å². The number of carbonyl (C=O) groups is 2. The second-order valence-corrected chi connectivity index (χ2v) is 5.87. The van der Waals surface area contributed by atoms with Crippen molar-refractivity contribution in [2.75, 3.05) is 32.1 Å². The maximum Gasteiger partial charge on any atom is 0.341 e. The topological polar surface area (TPSA) is 111 Å². The van der Waals surface area contributed by atoms with E-state index in [1.807, 2.05) is 13.8 Å². The highest BCUT2D eigenvalue weighted by atomic mass is 16.6. The van der Waals surface area contributed by atoms with Gasteiger partial charge in [-0.15, -0.1) is 0 Å². The van der Waals surface area contributed by atoms with E-state index < -0.39 is 17.5 Å². The molecule has 1 aromatic rings. The van der Waals surface area contributed by atoms with Crippen LogP contribution in [0.5, 0.6) is 0 Å². The van der Waals surface area contributed by atoms with Crippen molar-refractivity contribution in [1.82, 2.24) is 4.90 Å². The molecule has 1 N–H and O–H groups in total. The normalized spacial score (nSPS) is 20.0. The number of hydrogen-bond acceptors (Lipinski definition) is 7. The molecule has 2 atom stereocenters. The zero-order valence-electron chi connectivity index (χ0n) is 14.4. The lowest BCUT2D eigenvalue weighted by atomic mass is 10.1. The molecule has 0 aliphatic carbocycles. The largest absolute Gasteiger partial charge is 0.452 e. The summed E-state index contributed by atoms with van der Waals surface area (Å²) in [5.41, 5.74) is 0.165. The van der Waals surface area contributed by atoms with Gasteiger partial charge in [-0.2, -0.15) is 0 Å². The highest BCUT2D eigenvalue weighted by Gasteiger charge is 2.27. The molecule has 136 valence electrons. The number of morpholine rings is 1. The number of non-ortho nitro benzene ring substituents is 1. The number of benzene rings is 1. The first-order chi connectivity index (χ1) is 11.8. The Hall–Kier alpha value is -2.68. The first kappa shape index (κ1) is 18.7. The molecule has 1 heterocycles. The Balaban J connectivity index is 2.03. The lowest BCUT2D eigenvalue weighted by molar-refractivity contribution is -0.384. The summed E-state index contributed by atoms with van der Waals surface area (Å²) in [5.74, 6) is -1.12. The van der Waals surface area contributed by atoms with Crippen LogP contribution >= 0.6 is 0 Å². The van der Waals surface area contributed by atoms with Gasteiger partial charge in [-0.05, 0) is 19.9 Å². The van der Waals surface area contributed by atoms with E-state index in [9.17, 15) is 19.7 Å². The Morgan fingerprint density at radius 2 is 2.00 bits per heavy atom. The van der Waals surface area contributed by atoms with Crippen molar-refractivity contribution in [3.8, 4) is 0 Å². The number of amides is 1. The molecule has 0 spiro atoms. The van der Waals surface area contributed by atoms with Gasteiger partial charge in [0, 0.05) is 38.0 Å². The lowest BCUT2D eigenvalue weighted by Gasteiger charge is -2.35. The number of anilines is 1. The molecule has 0 radical (unpaired) electrons. The lowest BCUT2D eigenvalue weighted by Crippen LogP contribution is -2.49. The molecule has 1 saturated heterocycles. The molecule has 25 heavy (non-hydrogen) atoms. The fraction of sp³-hybridized carbons (Fsp3) is 0.500. The van der Waals surface area contributed by atoms with Crippen molar-refractivity contribution in [3.63, 3.8) is 0 Å². The molecule has 9 nitrogen and oxygen atoms in total. The molecule has 1 fully saturated rings. The predicted octanol–water partition coefficient (Wildman–Crippen LogP) is 1.43. The maximum absolute atomic E-state index is 12.2. The molecule has 1 aliphatic rings. The average Bonchev–Trinajstić information content (AvgIpc) is 2.57. The summed E-state index contributed by atoms with van der Waals surface area (Å²) in [4.78, 5) is 36.3. The van der Waals surface area contributed by atoms with Crippen LogP contribution in [-0.4, -0.2) is 60.7 Å². The summed E-state index contributed by atoms with van der Waals surface area (Å²) in [5, 5.41) is 13.6. The van der Waals surface area contributed by atoms with E-state index in [2.05, 4.69) is 5.32 Å².